The van der Waals surface area contributed by atoms with Gasteiger partial charge >= 0.3 is 0 Å². The molecule has 1 amide bonds. The molecule has 1 unspecified atom stereocenters. The van der Waals surface area contributed by atoms with Crippen molar-refractivity contribution in [1.29, 1.82) is 0 Å². The molecule has 1 fully saturated rings. The molecule has 0 aliphatic carbocycles. The van der Waals surface area contributed by atoms with E-state index >= 15 is 0 Å². The molecule has 1 atom stereocenters. The Labute approximate surface area is 98.2 Å². The molecule has 6 heteroatoms. The molecular weight excluding hydrogens is 222 g/mol. The van der Waals surface area contributed by atoms with E-state index in [0.717, 1.165) is 5.56 Å². The van der Waals surface area contributed by atoms with Gasteiger partial charge in [0.25, 0.3) is 5.69 Å². The van der Waals surface area contributed by atoms with Gasteiger partial charge in [-0.25, -0.2) is 0 Å². The zero-order chi connectivity index (χ0) is 12.3. The van der Waals surface area contributed by atoms with E-state index in [1.165, 1.54) is 6.07 Å². The summed E-state index contributed by atoms with van der Waals surface area (Å²) in [6.07, 6.45) is 0.598. The Morgan fingerprint density at radius 3 is 3.00 bits per heavy atom. The molecule has 1 aromatic carbocycles. The minimum absolute atomic E-state index is 0.00162. The number of non-ortho nitro benzene ring substituents is 1. The van der Waals surface area contributed by atoms with Gasteiger partial charge in [-0.3, -0.25) is 14.9 Å². The monoisotopic (exact) mass is 235 g/mol. The Morgan fingerprint density at radius 2 is 2.29 bits per heavy atom. The fourth-order valence-electron chi connectivity index (χ4n) is 1.89. The van der Waals surface area contributed by atoms with Gasteiger partial charge in [0.15, 0.2) is 0 Å². The molecule has 17 heavy (non-hydrogen) atoms. The number of nitrogens with one attached hydrogen (secondary N) is 2. The highest BCUT2D eigenvalue weighted by Gasteiger charge is 2.18. The lowest BCUT2D eigenvalue weighted by Gasteiger charge is -2.24. The van der Waals surface area contributed by atoms with Gasteiger partial charge in [-0.05, 0) is 12.0 Å². The molecule has 0 saturated carbocycles. The van der Waals surface area contributed by atoms with E-state index in [2.05, 4.69) is 10.6 Å². The second-order valence-electron chi connectivity index (χ2n) is 4.03. The molecule has 1 aliphatic rings. The first-order chi connectivity index (χ1) is 8.15. The minimum Gasteiger partial charge on any atom is -0.351 e. The number of piperazine rings is 1. The largest absolute Gasteiger partial charge is 0.351 e. The van der Waals surface area contributed by atoms with Gasteiger partial charge in [0.1, 0.15) is 0 Å². The molecule has 90 valence electrons. The number of carbonyl (C=O) groups is 1. The lowest BCUT2D eigenvalue weighted by molar-refractivity contribution is -0.384. The number of nitro groups is 1. The van der Waals surface area contributed by atoms with Crippen LogP contribution in [0.25, 0.3) is 0 Å². The van der Waals surface area contributed by atoms with Gasteiger partial charge in [0.2, 0.25) is 5.91 Å². The van der Waals surface area contributed by atoms with Crippen LogP contribution in [0.4, 0.5) is 5.69 Å². The Morgan fingerprint density at radius 1 is 1.47 bits per heavy atom. The predicted octanol–water partition coefficient (Wildman–Crippen LogP) is 0.225. The molecule has 1 heterocycles. The third-order valence-electron chi connectivity index (χ3n) is 2.64. The summed E-state index contributed by atoms with van der Waals surface area (Å²) in [5.41, 5.74) is 0.936. The number of hydrogen-bond donors (Lipinski definition) is 2. The molecule has 6 nitrogen and oxygen atoms in total. The Balaban J connectivity index is 2.05. The fourth-order valence-corrected chi connectivity index (χ4v) is 1.89. The fraction of sp³-hybridized carbons (Fsp3) is 0.364. The maximum Gasteiger partial charge on any atom is 0.269 e. The molecule has 1 saturated heterocycles. The van der Waals surface area contributed by atoms with Crippen LogP contribution in [0.1, 0.15) is 5.56 Å². The number of nitro benzene ring substituents is 1. The molecule has 0 spiro atoms. The topological polar surface area (TPSA) is 84.3 Å². The first-order valence-corrected chi connectivity index (χ1v) is 5.38. The Bertz CT molecular complexity index is 447. The van der Waals surface area contributed by atoms with Crippen molar-refractivity contribution in [2.75, 3.05) is 13.1 Å². The molecule has 0 radical (unpaired) electrons. The summed E-state index contributed by atoms with van der Waals surface area (Å²) in [5.74, 6) is -0.0355. The van der Waals surface area contributed by atoms with Crippen molar-refractivity contribution < 1.29 is 9.72 Å². The first-order valence-electron chi connectivity index (χ1n) is 5.38. The quantitative estimate of drug-likeness (QED) is 0.580. The summed E-state index contributed by atoms with van der Waals surface area (Å²) in [6.45, 7) is 1.03. The van der Waals surface area contributed by atoms with Crippen LogP contribution in [0.2, 0.25) is 0 Å². The third kappa shape index (κ3) is 3.01. The van der Waals surface area contributed by atoms with Crippen molar-refractivity contribution in [3.05, 3.63) is 39.9 Å². The van der Waals surface area contributed by atoms with Gasteiger partial charge in [0.05, 0.1) is 11.5 Å². The average molecular weight is 235 g/mol. The number of hydrogen-bond acceptors (Lipinski definition) is 4. The summed E-state index contributed by atoms with van der Waals surface area (Å²) in [4.78, 5) is 21.4. The Hall–Kier alpha value is -1.95. The van der Waals surface area contributed by atoms with E-state index in [1.54, 1.807) is 12.1 Å². The summed E-state index contributed by atoms with van der Waals surface area (Å²) in [6, 6.07) is 6.49. The van der Waals surface area contributed by atoms with Crippen molar-refractivity contribution in [3.8, 4) is 0 Å². The third-order valence-corrected chi connectivity index (χ3v) is 2.64. The standard InChI is InChI=1S/C11H13N3O3/c15-11-7-12-6-9(13-11)4-8-2-1-3-10(5-8)14(16)17/h1-3,5,9,12H,4,6-7H2,(H,13,15). The highest BCUT2D eigenvalue weighted by Crippen LogP contribution is 2.14. The molecule has 2 N–H and O–H groups in total. The second-order valence-corrected chi connectivity index (χ2v) is 4.03. The lowest BCUT2D eigenvalue weighted by Crippen LogP contribution is -2.52. The Kier molecular flexibility index (Phi) is 3.34. The van der Waals surface area contributed by atoms with E-state index in [-0.39, 0.29) is 17.6 Å². The van der Waals surface area contributed by atoms with Crippen molar-refractivity contribution >= 4 is 11.6 Å². The van der Waals surface area contributed by atoms with E-state index in [1.807, 2.05) is 6.07 Å². The summed E-state index contributed by atoms with van der Waals surface area (Å²) >= 11 is 0. The van der Waals surface area contributed by atoms with Crippen molar-refractivity contribution in [2.45, 2.75) is 12.5 Å². The van der Waals surface area contributed by atoms with E-state index < -0.39 is 4.92 Å². The predicted molar refractivity (Wildman–Crippen MR) is 61.6 cm³/mol. The number of nitrogens with zero attached hydrogens (tertiary/aromatic N) is 1. The molecule has 0 bridgehead atoms. The molecule has 1 aliphatic heterocycles. The number of amides is 1. The molecule has 1 aromatic rings. The SMILES string of the molecule is O=C1CNCC(Cc2cccc([N+](=O)[O-])c2)N1. The molecule has 2 rings (SSSR count). The normalized spacial score (nSPS) is 19.8. The van der Waals surface area contributed by atoms with Crippen LogP contribution < -0.4 is 10.6 Å². The van der Waals surface area contributed by atoms with Gasteiger partial charge in [-0.15, -0.1) is 0 Å². The lowest BCUT2D eigenvalue weighted by atomic mass is 10.0. The van der Waals surface area contributed by atoms with Gasteiger partial charge in [-0.2, -0.15) is 0 Å². The maximum absolute atomic E-state index is 11.2. The zero-order valence-electron chi connectivity index (χ0n) is 9.18. The van der Waals surface area contributed by atoms with E-state index in [4.69, 9.17) is 0 Å². The summed E-state index contributed by atoms with van der Waals surface area (Å²) in [5, 5.41) is 16.5. The number of carbonyl (C=O) groups excluding carboxylic acids is 1. The van der Waals surface area contributed by atoms with Crippen LogP contribution in [0.15, 0.2) is 24.3 Å². The van der Waals surface area contributed by atoms with Crippen LogP contribution in [-0.4, -0.2) is 30.0 Å². The zero-order valence-corrected chi connectivity index (χ0v) is 9.18. The first kappa shape index (κ1) is 11.5. The van der Waals surface area contributed by atoms with E-state index in [0.29, 0.717) is 19.5 Å². The smallest absolute Gasteiger partial charge is 0.269 e. The van der Waals surface area contributed by atoms with E-state index in [9.17, 15) is 14.9 Å². The number of benzene rings is 1. The number of rotatable bonds is 3. The van der Waals surface area contributed by atoms with Crippen molar-refractivity contribution in [2.24, 2.45) is 0 Å². The molecular formula is C11H13N3O3. The minimum atomic E-state index is -0.415. The van der Waals surface area contributed by atoms with Gasteiger partial charge < -0.3 is 10.6 Å². The van der Waals surface area contributed by atoms with Crippen molar-refractivity contribution in [3.63, 3.8) is 0 Å². The summed E-state index contributed by atoms with van der Waals surface area (Å²) < 4.78 is 0. The van der Waals surface area contributed by atoms with Gasteiger partial charge in [-0.1, -0.05) is 12.1 Å². The second kappa shape index (κ2) is 4.92. The van der Waals surface area contributed by atoms with Gasteiger partial charge in [0, 0.05) is 24.7 Å². The van der Waals surface area contributed by atoms with Crippen LogP contribution in [-0.2, 0) is 11.2 Å². The average Bonchev–Trinajstić information content (AvgIpc) is 2.29. The maximum atomic E-state index is 11.2. The van der Waals surface area contributed by atoms with Crippen LogP contribution in [0.3, 0.4) is 0 Å². The highest BCUT2D eigenvalue weighted by molar-refractivity contribution is 5.79. The van der Waals surface area contributed by atoms with Crippen LogP contribution >= 0.6 is 0 Å². The van der Waals surface area contributed by atoms with Crippen LogP contribution in [0, 0.1) is 10.1 Å². The van der Waals surface area contributed by atoms with Crippen molar-refractivity contribution in [1.82, 2.24) is 10.6 Å². The van der Waals surface area contributed by atoms with Crippen LogP contribution in [0.5, 0.6) is 0 Å². The highest BCUT2D eigenvalue weighted by atomic mass is 16.6. The molecule has 0 aromatic heterocycles. The summed E-state index contributed by atoms with van der Waals surface area (Å²) in [7, 11) is 0.